The van der Waals surface area contributed by atoms with E-state index in [1.54, 1.807) is 25.3 Å². The van der Waals surface area contributed by atoms with Gasteiger partial charge in [0.25, 0.3) is 5.69 Å². The Morgan fingerprint density at radius 2 is 1.67 bits per heavy atom. The number of nitrogens with zero attached hydrogens (tertiary/aromatic N) is 2. The zero-order valence-electron chi connectivity index (χ0n) is 22.0. The van der Waals surface area contributed by atoms with Crippen LogP contribution in [0, 0.1) is 27.9 Å². The molecule has 4 atom stereocenters. The summed E-state index contributed by atoms with van der Waals surface area (Å²) in [6, 6.07) is 22.0. The van der Waals surface area contributed by atoms with E-state index in [0.29, 0.717) is 22.6 Å². The molecule has 0 radical (unpaired) electrons. The van der Waals surface area contributed by atoms with Gasteiger partial charge in [-0.25, -0.2) is 4.90 Å². The van der Waals surface area contributed by atoms with E-state index in [1.165, 1.54) is 12.1 Å². The summed E-state index contributed by atoms with van der Waals surface area (Å²) in [6.45, 7) is 0. The number of carbonyl (C=O) groups excluding carboxylic acids is 3. The standard InChI is InChI=1S/C32H21ClN2O7/c1-41-19-10-6-17(7-11-19)21-15-22-26-20-5-3-2-4-16(20)8-13-25(26)42-32(38)28(22)29-27(21)30(36)34(31(29)37)24-14-18(35(39)40)9-12-23(24)33/h2-15,21,27-29H,1H3/t21-,27+,28-,29+/m0/s1. The van der Waals surface area contributed by atoms with E-state index in [1.807, 2.05) is 48.5 Å². The van der Waals surface area contributed by atoms with Crippen LogP contribution in [0.1, 0.15) is 17.0 Å². The molecule has 2 amide bonds. The van der Waals surface area contributed by atoms with Gasteiger partial charge in [0.05, 0.1) is 40.5 Å². The summed E-state index contributed by atoms with van der Waals surface area (Å²) in [4.78, 5) is 53.9. The second-order valence-corrected chi connectivity index (χ2v) is 10.8. The highest BCUT2D eigenvalue weighted by atomic mass is 35.5. The van der Waals surface area contributed by atoms with Crippen LogP contribution in [0.5, 0.6) is 11.5 Å². The molecule has 0 unspecified atom stereocenters. The van der Waals surface area contributed by atoms with Crippen molar-refractivity contribution in [3.63, 3.8) is 0 Å². The number of nitro groups is 1. The third kappa shape index (κ3) is 3.74. The van der Waals surface area contributed by atoms with Crippen LogP contribution in [0.4, 0.5) is 11.4 Å². The van der Waals surface area contributed by atoms with E-state index in [4.69, 9.17) is 21.1 Å². The van der Waals surface area contributed by atoms with Crippen LogP contribution in [0.2, 0.25) is 5.02 Å². The molecule has 9 nitrogen and oxygen atoms in total. The summed E-state index contributed by atoms with van der Waals surface area (Å²) < 4.78 is 11.1. The molecule has 0 bridgehead atoms. The smallest absolute Gasteiger partial charge is 0.319 e. The molecule has 1 fully saturated rings. The number of hydrogen-bond donors (Lipinski definition) is 0. The topological polar surface area (TPSA) is 116 Å². The number of benzene rings is 4. The van der Waals surface area contributed by atoms with Crippen molar-refractivity contribution in [1.82, 2.24) is 0 Å². The molecule has 7 rings (SSSR count). The highest BCUT2D eigenvalue weighted by Gasteiger charge is 2.60. The second kappa shape index (κ2) is 9.53. The fraction of sp³-hybridized carbons (Fsp3) is 0.156. The Bertz CT molecular complexity index is 1880. The Hall–Kier alpha value is -5.02. The molecule has 0 saturated carbocycles. The van der Waals surface area contributed by atoms with E-state index in [2.05, 4.69) is 0 Å². The number of amides is 2. The van der Waals surface area contributed by atoms with E-state index >= 15 is 0 Å². The lowest BCUT2D eigenvalue weighted by Crippen LogP contribution is -2.42. The minimum atomic E-state index is -1.13. The van der Waals surface area contributed by atoms with Crippen LogP contribution >= 0.6 is 11.6 Å². The van der Waals surface area contributed by atoms with Crippen molar-refractivity contribution >= 4 is 57.1 Å². The zero-order valence-corrected chi connectivity index (χ0v) is 22.8. The number of rotatable bonds is 4. The van der Waals surface area contributed by atoms with E-state index < -0.39 is 46.4 Å². The molecule has 0 N–H and O–H groups in total. The Labute approximate surface area is 244 Å². The zero-order chi connectivity index (χ0) is 29.3. The SMILES string of the molecule is COc1ccc([C@@H]2C=C3c4c(ccc5ccccc45)OC(=O)[C@@H]3[C@@H]3C(=O)N(c4cc([N+](=O)[O-])ccc4Cl)C(=O)[C@@H]32)cc1. The van der Waals surface area contributed by atoms with Crippen molar-refractivity contribution in [2.75, 3.05) is 12.0 Å². The number of esters is 1. The minimum Gasteiger partial charge on any atom is -0.497 e. The molecule has 42 heavy (non-hydrogen) atoms. The van der Waals surface area contributed by atoms with Crippen LogP contribution in [-0.2, 0) is 14.4 Å². The van der Waals surface area contributed by atoms with Crippen LogP contribution in [0.25, 0.3) is 16.3 Å². The van der Waals surface area contributed by atoms with Crippen molar-refractivity contribution in [1.29, 1.82) is 0 Å². The molecular formula is C32H21ClN2O7. The molecule has 1 saturated heterocycles. The molecule has 0 spiro atoms. The second-order valence-electron chi connectivity index (χ2n) is 10.4. The van der Waals surface area contributed by atoms with Gasteiger partial charge in [0, 0.05) is 23.6 Å². The molecule has 208 valence electrons. The van der Waals surface area contributed by atoms with Gasteiger partial charge in [-0.2, -0.15) is 0 Å². The Morgan fingerprint density at radius 3 is 2.40 bits per heavy atom. The number of methoxy groups -OCH3 is 1. The highest BCUT2D eigenvalue weighted by Crippen LogP contribution is 2.56. The van der Waals surface area contributed by atoms with Gasteiger partial charge in [-0.1, -0.05) is 60.1 Å². The van der Waals surface area contributed by atoms with Crippen LogP contribution < -0.4 is 14.4 Å². The first-order valence-electron chi connectivity index (χ1n) is 13.2. The Morgan fingerprint density at radius 1 is 0.929 bits per heavy atom. The minimum absolute atomic E-state index is 0.00214. The maximum Gasteiger partial charge on any atom is 0.319 e. The summed E-state index contributed by atoms with van der Waals surface area (Å²) in [5, 5.41) is 13.3. The van der Waals surface area contributed by atoms with Crippen molar-refractivity contribution in [2.45, 2.75) is 5.92 Å². The summed E-state index contributed by atoms with van der Waals surface area (Å²) in [7, 11) is 1.55. The number of non-ortho nitro benzene ring substituents is 1. The van der Waals surface area contributed by atoms with Gasteiger partial charge in [0.15, 0.2) is 0 Å². The van der Waals surface area contributed by atoms with Gasteiger partial charge >= 0.3 is 5.97 Å². The average molecular weight is 581 g/mol. The number of nitro benzene ring substituents is 1. The van der Waals surface area contributed by atoms with Gasteiger partial charge in [-0.15, -0.1) is 0 Å². The molecule has 2 heterocycles. The third-order valence-corrected chi connectivity index (χ3v) is 8.68. The fourth-order valence-corrected chi connectivity index (χ4v) is 6.71. The average Bonchev–Trinajstić information content (AvgIpc) is 3.26. The molecule has 3 aliphatic rings. The number of fused-ring (bicyclic) bond motifs is 7. The number of anilines is 1. The Balaban J connectivity index is 1.46. The number of carbonyl (C=O) groups is 3. The van der Waals surface area contributed by atoms with Gasteiger partial charge < -0.3 is 9.47 Å². The van der Waals surface area contributed by atoms with Gasteiger partial charge in [0.1, 0.15) is 11.5 Å². The molecule has 10 heteroatoms. The van der Waals surface area contributed by atoms with Crippen molar-refractivity contribution < 1.29 is 28.8 Å². The van der Waals surface area contributed by atoms with Crippen LogP contribution in [0.15, 0.2) is 84.9 Å². The maximum atomic E-state index is 14.3. The molecular weight excluding hydrogens is 560 g/mol. The predicted octanol–water partition coefficient (Wildman–Crippen LogP) is 5.93. The van der Waals surface area contributed by atoms with E-state index in [9.17, 15) is 24.5 Å². The molecule has 2 aliphatic heterocycles. The summed E-state index contributed by atoms with van der Waals surface area (Å²) in [6.07, 6.45) is 1.89. The number of ether oxygens (including phenoxy) is 2. The lowest BCUT2D eigenvalue weighted by Gasteiger charge is -2.38. The first kappa shape index (κ1) is 25.9. The lowest BCUT2D eigenvalue weighted by molar-refractivity contribution is -0.384. The normalized spacial score (nSPS) is 22.7. The number of allylic oxidation sites excluding steroid dienone is 1. The molecule has 1 aliphatic carbocycles. The maximum absolute atomic E-state index is 14.3. The summed E-state index contributed by atoms with van der Waals surface area (Å²) in [5.41, 5.74) is 1.62. The van der Waals surface area contributed by atoms with Crippen LogP contribution in [-0.4, -0.2) is 29.8 Å². The highest BCUT2D eigenvalue weighted by molar-refractivity contribution is 6.36. The molecule has 4 aromatic carbocycles. The van der Waals surface area contributed by atoms with E-state index in [0.717, 1.165) is 27.3 Å². The molecule has 4 aromatic rings. The number of hydrogen-bond acceptors (Lipinski definition) is 7. The monoisotopic (exact) mass is 580 g/mol. The van der Waals surface area contributed by atoms with Crippen LogP contribution in [0.3, 0.4) is 0 Å². The molecule has 0 aromatic heterocycles. The Kier molecular flexibility index (Phi) is 5.88. The van der Waals surface area contributed by atoms with E-state index in [-0.39, 0.29) is 16.4 Å². The van der Waals surface area contributed by atoms with Gasteiger partial charge in [-0.3, -0.25) is 24.5 Å². The first-order chi connectivity index (χ1) is 20.3. The fourth-order valence-electron chi connectivity index (χ4n) is 6.51. The quantitative estimate of drug-likeness (QED) is 0.0965. The number of imide groups is 1. The summed E-state index contributed by atoms with van der Waals surface area (Å²) >= 11 is 6.41. The van der Waals surface area contributed by atoms with Crippen molar-refractivity contribution in [3.05, 3.63) is 111 Å². The predicted molar refractivity (Wildman–Crippen MR) is 154 cm³/mol. The number of halogens is 1. The van der Waals surface area contributed by atoms with Crippen molar-refractivity contribution in [2.24, 2.45) is 17.8 Å². The first-order valence-corrected chi connectivity index (χ1v) is 13.6. The van der Waals surface area contributed by atoms with Gasteiger partial charge in [0.2, 0.25) is 11.8 Å². The lowest BCUT2D eigenvalue weighted by atomic mass is 9.64. The summed E-state index contributed by atoms with van der Waals surface area (Å²) in [5.74, 6) is -4.69. The largest absolute Gasteiger partial charge is 0.497 e. The van der Waals surface area contributed by atoms with Gasteiger partial charge in [-0.05, 0) is 46.2 Å². The van der Waals surface area contributed by atoms with Crippen molar-refractivity contribution in [3.8, 4) is 11.5 Å². The third-order valence-electron chi connectivity index (χ3n) is 8.36.